The number of guanidine groups is 1. The normalized spacial score (nSPS) is 13.9. The topological polar surface area (TPSA) is 402 Å². The Kier molecular flexibility index (Phi) is 24.7. The van der Waals surface area contributed by atoms with Gasteiger partial charge in [0.2, 0.25) is 41.4 Å². The van der Waals surface area contributed by atoms with Crippen molar-refractivity contribution in [3.63, 3.8) is 0 Å². The minimum atomic E-state index is -1.33. The number of unbranched alkanes of at least 4 members (excludes halogenated alkanes) is 2. The Morgan fingerprint density at radius 2 is 1.25 bits per heavy atom. The van der Waals surface area contributed by atoms with E-state index in [1.165, 1.54) is 12.5 Å². The predicted molar refractivity (Wildman–Crippen MR) is 282 cm³/mol. The van der Waals surface area contributed by atoms with Gasteiger partial charge >= 0.3 is 5.97 Å². The first-order valence-electron chi connectivity index (χ1n) is 25.3. The van der Waals surface area contributed by atoms with E-state index in [1.807, 2.05) is 31.2 Å². The highest BCUT2D eigenvalue weighted by molar-refractivity contribution is 5.97. The van der Waals surface area contributed by atoms with Crippen LogP contribution in [0.1, 0.15) is 89.0 Å². The number of rotatable bonds is 33. The summed E-state index contributed by atoms with van der Waals surface area (Å²) in [5, 5.41) is 29.3. The number of carbonyl (C=O) groups excluding carboxylic acids is 7. The number of H-pyrrole nitrogens is 2. The second kappa shape index (κ2) is 31.0. The second-order valence-corrected chi connectivity index (χ2v) is 18.7. The molecule has 0 radical (unpaired) electrons. The van der Waals surface area contributed by atoms with Gasteiger partial charge in [0, 0.05) is 54.8 Å². The average Bonchev–Trinajstić information content (AvgIpc) is 4.06. The Morgan fingerprint density at radius 3 is 1.87 bits per heavy atom. The van der Waals surface area contributed by atoms with E-state index in [0.717, 1.165) is 10.9 Å². The molecule has 0 aliphatic rings. The zero-order chi connectivity index (χ0) is 54.9. The third kappa shape index (κ3) is 20.2. The Bertz CT molecular complexity index is 2510. The Balaban J connectivity index is 1.56. The van der Waals surface area contributed by atoms with Crippen LogP contribution in [0.3, 0.4) is 0 Å². The van der Waals surface area contributed by atoms with Crippen molar-refractivity contribution in [2.75, 3.05) is 19.6 Å². The molecule has 7 amide bonds. The number of para-hydroxylation sites is 1. The van der Waals surface area contributed by atoms with E-state index in [0.29, 0.717) is 49.0 Å². The highest BCUT2D eigenvalue weighted by Gasteiger charge is 2.33. The number of amides is 7. The summed E-state index contributed by atoms with van der Waals surface area (Å²) < 4.78 is 0. The number of benzene rings is 2. The van der Waals surface area contributed by atoms with Crippen molar-refractivity contribution in [2.45, 2.75) is 134 Å². The second-order valence-electron chi connectivity index (χ2n) is 18.7. The molecular weight excluding hydrogens is 967 g/mol. The van der Waals surface area contributed by atoms with Crippen molar-refractivity contribution in [3.8, 4) is 0 Å². The first-order chi connectivity index (χ1) is 35.9. The number of hydrogen-bond acceptors (Lipinski definition) is 12. The molecule has 0 unspecified atom stereocenters. The molecule has 18 N–H and O–H groups in total. The molecule has 0 fully saturated rings. The largest absolute Gasteiger partial charge is 0.480 e. The lowest BCUT2D eigenvalue weighted by Gasteiger charge is -2.26. The zero-order valence-corrected chi connectivity index (χ0v) is 42.9. The molecule has 0 spiro atoms. The summed E-state index contributed by atoms with van der Waals surface area (Å²) in [6.07, 6.45) is 7.43. The number of hydrogen-bond donors (Lipinski definition) is 14. The first-order valence-corrected chi connectivity index (χ1v) is 25.3. The van der Waals surface area contributed by atoms with Gasteiger partial charge in [-0.25, -0.2) is 9.78 Å². The molecular formula is C51H75N15O9. The fourth-order valence-electron chi connectivity index (χ4n) is 8.12. The van der Waals surface area contributed by atoms with Crippen LogP contribution in [0.2, 0.25) is 0 Å². The highest BCUT2D eigenvalue weighted by Crippen LogP contribution is 2.20. The van der Waals surface area contributed by atoms with Crippen LogP contribution in [0.5, 0.6) is 0 Å². The van der Waals surface area contributed by atoms with E-state index >= 15 is 0 Å². The molecule has 0 saturated heterocycles. The Hall–Kier alpha value is -7.86. The van der Waals surface area contributed by atoms with Crippen LogP contribution >= 0.6 is 0 Å². The number of aliphatic carboxylic acids is 1. The lowest BCUT2D eigenvalue weighted by molar-refractivity contribution is -0.143. The lowest BCUT2D eigenvalue weighted by atomic mass is 10.0. The minimum absolute atomic E-state index is 0.00468. The van der Waals surface area contributed by atoms with Gasteiger partial charge in [0.05, 0.1) is 18.9 Å². The van der Waals surface area contributed by atoms with Gasteiger partial charge in [0.1, 0.15) is 36.3 Å². The zero-order valence-electron chi connectivity index (χ0n) is 42.9. The number of aromatic amines is 2. The number of aliphatic imine (C=N–C) groups is 1. The molecule has 2 heterocycles. The smallest absolute Gasteiger partial charge is 0.326 e. The van der Waals surface area contributed by atoms with Crippen molar-refractivity contribution in [1.29, 1.82) is 0 Å². The fraction of sp³-hybridized carbons (Fsp3) is 0.490. The average molecular weight is 1040 g/mol. The summed E-state index contributed by atoms with van der Waals surface area (Å²) in [5.41, 5.74) is 25.7. The quantitative estimate of drug-likeness (QED) is 0.0161. The number of fused-ring (bicyclic) bond motifs is 1. The van der Waals surface area contributed by atoms with Crippen molar-refractivity contribution in [2.24, 2.45) is 33.8 Å². The number of imidazole rings is 1. The number of nitrogens with two attached hydrogens (primary N) is 4. The lowest BCUT2D eigenvalue weighted by Crippen LogP contribution is -2.59. The number of nitrogens with one attached hydrogen (secondary N) is 9. The summed E-state index contributed by atoms with van der Waals surface area (Å²) >= 11 is 0. The maximum atomic E-state index is 14.4. The van der Waals surface area contributed by atoms with Gasteiger partial charge in [0.25, 0.3) is 0 Å². The number of carboxylic acids is 1. The van der Waals surface area contributed by atoms with Crippen molar-refractivity contribution in [3.05, 3.63) is 90.1 Å². The van der Waals surface area contributed by atoms with Gasteiger partial charge in [-0.05, 0) is 68.2 Å². The molecule has 408 valence electrons. The van der Waals surface area contributed by atoms with Crippen molar-refractivity contribution >= 4 is 64.2 Å². The van der Waals surface area contributed by atoms with Crippen molar-refractivity contribution in [1.82, 2.24) is 52.2 Å². The summed E-state index contributed by atoms with van der Waals surface area (Å²) in [6, 6.07) is 7.72. The van der Waals surface area contributed by atoms with Gasteiger partial charge < -0.3 is 75.2 Å². The predicted octanol–water partition coefficient (Wildman–Crippen LogP) is -0.615. The van der Waals surface area contributed by atoms with Gasteiger partial charge in [-0.2, -0.15) is 0 Å². The van der Waals surface area contributed by atoms with Gasteiger partial charge in [-0.1, -0.05) is 82.1 Å². The third-order valence-electron chi connectivity index (χ3n) is 12.3. The van der Waals surface area contributed by atoms with E-state index in [9.17, 15) is 43.5 Å². The maximum Gasteiger partial charge on any atom is 0.326 e. The molecule has 7 atom stereocenters. The summed E-state index contributed by atoms with van der Waals surface area (Å²) in [6.45, 7) is 4.94. The Labute approximate surface area is 435 Å². The van der Waals surface area contributed by atoms with Gasteiger partial charge in [0.15, 0.2) is 5.96 Å². The minimum Gasteiger partial charge on any atom is -0.480 e. The molecule has 24 nitrogen and oxygen atoms in total. The molecule has 2 aromatic heterocycles. The molecule has 2 aromatic carbocycles. The molecule has 4 rings (SSSR count). The van der Waals surface area contributed by atoms with Crippen LogP contribution < -0.4 is 60.2 Å². The van der Waals surface area contributed by atoms with E-state index in [2.05, 4.69) is 57.2 Å². The number of nitrogens with zero attached hydrogens (tertiary/aromatic N) is 2. The SMILES string of the molecule is CCCC[C@@H](NC(=O)[C@@H](N)Cc1cnc[nH]1)C(=O)N[C@@H](CCCN=C(N)N)C(=O)N[C@@H](Cc1c[nH]c2ccccc12)C(=O)NCC(=O)N[C@@H](CCCCN)C(=O)N[C@H](Cc1ccccc1)C(=O)N[C@H](C(=O)O)C(C)C. The van der Waals surface area contributed by atoms with Crippen LogP contribution in [-0.2, 0) is 57.6 Å². The number of aromatic nitrogens is 3. The summed E-state index contributed by atoms with van der Waals surface area (Å²) in [5.74, 6) is -6.95. The first kappa shape index (κ1) is 59.7. The van der Waals surface area contributed by atoms with E-state index in [4.69, 9.17) is 22.9 Å². The fourth-order valence-corrected chi connectivity index (χ4v) is 8.12. The molecule has 75 heavy (non-hydrogen) atoms. The standard InChI is InChI=1S/C51H75N15O9/c1-4-5-17-38(62-44(68)35(53)25-33-27-56-29-60-33)47(71)63-39(20-13-22-57-51(54)55)48(72)65-41(24-32-26-58-36-18-10-9-16-34(32)36)45(69)59-28-42(67)61-37(19-11-12-21-52)46(70)64-40(23-31-14-7-6-8-15-31)49(73)66-43(30(2)3)50(74)75/h6-10,14-16,18,26-27,29-30,35,37-41,43,58H,4-5,11-13,17,19-25,28,52-53H2,1-3H3,(H,56,60)(H,59,69)(H,61,67)(H,62,68)(H,63,71)(H,64,70)(H,65,72)(H,66,73)(H,74,75)(H4,54,55,57)/t35-,37-,38+,39-,40+,41-,43-/m0/s1. The van der Waals surface area contributed by atoms with Gasteiger partial charge in [-0.15, -0.1) is 0 Å². The van der Waals surface area contributed by atoms with E-state index in [-0.39, 0.29) is 57.5 Å². The molecule has 24 heteroatoms. The third-order valence-corrected chi connectivity index (χ3v) is 12.3. The highest BCUT2D eigenvalue weighted by atomic mass is 16.4. The van der Waals surface area contributed by atoms with Crippen LogP contribution in [0.4, 0.5) is 0 Å². The summed E-state index contributed by atoms with van der Waals surface area (Å²) in [7, 11) is 0. The molecule has 4 aromatic rings. The number of carboxylic acid groups (broad SMARTS) is 1. The molecule has 0 aliphatic carbocycles. The van der Waals surface area contributed by atoms with Crippen LogP contribution in [0, 0.1) is 5.92 Å². The monoisotopic (exact) mass is 1040 g/mol. The molecule has 0 saturated carbocycles. The summed E-state index contributed by atoms with van der Waals surface area (Å²) in [4.78, 5) is 123. The molecule has 0 bridgehead atoms. The van der Waals surface area contributed by atoms with E-state index in [1.54, 1.807) is 50.4 Å². The number of carbonyl (C=O) groups is 8. The Morgan fingerprint density at radius 1 is 0.667 bits per heavy atom. The van der Waals surface area contributed by atoms with E-state index < -0.39 is 102 Å². The molecule has 0 aliphatic heterocycles. The van der Waals surface area contributed by atoms with Crippen LogP contribution in [-0.4, -0.2) is 135 Å². The van der Waals surface area contributed by atoms with Crippen LogP contribution in [0.25, 0.3) is 10.9 Å². The van der Waals surface area contributed by atoms with Gasteiger partial charge in [-0.3, -0.25) is 38.6 Å². The van der Waals surface area contributed by atoms with Crippen molar-refractivity contribution < 1.29 is 43.5 Å². The van der Waals surface area contributed by atoms with Crippen LogP contribution in [0.15, 0.2) is 78.3 Å². The maximum absolute atomic E-state index is 14.4.